The monoisotopic (exact) mass is 223 g/mol. The lowest BCUT2D eigenvalue weighted by Gasteiger charge is -2.38. The SMILES string of the molecule is CN1CC[S@@](=O)C(C)(c2ccccc2)C1. The van der Waals surface area contributed by atoms with Gasteiger partial charge in [0.05, 0.1) is 4.75 Å². The van der Waals surface area contributed by atoms with Crippen LogP contribution in [0.1, 0.15) is 12.5 Å². The van der Waals surface area contributed by atoms with E-state index in [4.69, 9.17) is 0 Å². The van der Waals surface area contributed by atoms with Gasteiger partial charge < -0.3 is 4.90 Å². The van der Waals surface area contributed by atoms with Crippen LogP contribution in [0.2, 0.25) is 0 Å². The molecule has 1 aliphatic rings. The van der Waals surface area contributed by atoms with Crippen molar-refractivity contribution in [2.45, 2.75) is 11.7 Å². The molecule has 0 N–H and O–H groups in total. The quantitative estimate of drug-likeness (QED) is 0.720. The van der Waals surface area contributed by atoms with E-state index in [0.29, 0.717) is 0 Å². The Morgan fingerprint density at radius 2 is 2.00 bits per heavy atom. The molecule has 3 heteroatoms. The molecule has 15 heavy (non-hydrogen) atoms. The van der Waals surface area contributed by atoms with Crippen LogP contribution < -0.4 is 0 Å². The molecular formula is C12H17NOS. The van der Waals surface area contributed by atoms with Crippen molar-refractivity contribution in [1.29, 1.82) is 0 Å². The summed E-state index contributed by atoms with van der Waals surface area (Å²) in [7, 11) is 1.34. The fourth-order valence-corrected chi connectivity index (χ4v) is 3.83. The van der Waals surface area contributed by atoms with Gasteiger partial charge in [-0.15, -0.1) is 0 Å². The molecule has 0 saturated carbocycles. The lowest BCUT2D eigenvalue weighted by molar-refractivity contribution is 0.301. The van der Waals surface area contributed by atoms with E-state index < -0.39 is 10.8 Å². The maximum atomic E-state index is 12.1. The van der Waals surface area contributed by atoms with Gasteiger partial charge in [0.1, 0.15) is 0 Å². The van der Waals surface area contributed by atoms with Gasteiger partial charge in [-0.05, 0) is 19.5 Å². The Balaban J connectivity index is 2.35. The number of rotatable bonds is 1. The Morgan fingerprint density at radius 3 is 2.67 bits per heavy atom. The van der Waals surface area contributed by atoms with Crippen molar-refractivity contribution < 1.29 is 4.21 Å². The largest absolute Gasteiger partial charge is 0.304 e. The lowest BCUT2D eigenvalue weighted by atomic mass is 9.99. The van der Waals surface area contributed by atoms with E-state index in [1.54, 1.807) is 0 Å². The topological polar surface area (TPSA) is 20.3 Å². The predicted octanol–water partition coefficient (Wildman–Crippen LogP) is 1.60. The Kier molecular flexibility index (Phi) is 2.94. The zero-order chi connectivity index (χ0) is 10.9. The molecule has 82 valence electrons. The van der Waals surface area contributed by atoms with Crippen molar-refractivity contribution in [3.63, 3.8) is 0 Å². The first kappa shape index (κ1) is 10.8. The van der Waals surface area contributed by atoms with E-state index in [2.05, 4.69) is 31.0 Å². The molecule has 1 saturated heterocycles. The second-order valence-electron chi connectivity index (χ2n) is 4.38. The van der Waals surface area contributed by atoms with Crippen molar-refractivity contribution in [2.75, 3.05) is 25.9 Å². The summed E-state index contributed by atoms with van der Waals surface area (Å²) < 4.78 is 11.9. The van der Waals surface area contributed by atoms with Crippen molar-refractivity contribution in [2.24, 2.45) is 0 Å². The summed E-state index contributed by atoms with van der Waals surface area (Å²) in [5.41, 5.74) is 1.19. The highest BCUT2D eigenvalue weighted by Crippen LogP contribution is 2.31. The third-order valence-corrected chi connectivity index (χ3v) is 5.04. The predicted molar refractivity (Wildman–Crippen MR) is 64.3 cm³/mol. The van der Waals surface area contributed by atoms with Crippen molar-refractivity contribution in [3.05, 3.63) is 35.9 Å². The smallest absolute Gasteiger partial charge is 0.0805 e. The maximum Gasteiger partial charge on any atom is 0.0805 e. The summed E-state index contributed by atoms with van der Waals surface area (Å²) in [6.45, 7) is 3.92. The molecule has 1 unspecified atom stereocenters. The van der Waals surface area contributed by atoms with E-state index >= 15 is 0 Å². The Morgan fingerprint density at radius 1 is 1.33 bits per heavy atom. The Bertz CT molecular complexity index is 365. The highest BCUT2D eigenvalue weighted by atomic mass is 32.2. The van der Waals surface area contributed by atoms with Crippen LogP contribution in [0.15, 0.2) is 30.3 Å². The minimum absolute atomic E-state index is 0.200. The van der Waals surface area contributed by atoms with Gasteiger partial charge in [0.15, 0.2) is 0 Å². The second-order valence-corrected chi connectivity index (χ2v) is 6.38. The van der Waals surface area contributed by atoms with Crippen molar-refractivity contribution >= 4 is 10.8 Å². The van der Waals surface area contributed by atoms with E-state index in [1.807, 2.05) is 18.2 Å². The summed E-state index contributed by atoms with van der Waals surface area (Å²) in [6.07, 6.45) is 0. The average Bonchev–Trinajstić information content (AvgIpc) is 2.25. The van der Waals surface area contributed by atoms with Gasteiger partial charge in [-0.3, -0.25) is 4.21 Å². The number of likely N-dealkylation sites (N-methyl/N-ethyl adjacent to an activating group) is 1. The third-order valence-electron chi connectivity index (χ3n) is 3.12. The minimum Gasteiger partial charge on any atom is -0.304 e. The summed E-state index contributed by atoms with van der Waals surface area (Å²) in [5.74, 6) is 0.780. The third kappa shape index (κ3) is 1.99. The maximum absolute atomic E-state index is 12.1. The molecule has 2 atom stereocenters. The molecular weight excluding hydrogens is 206 g/mol. The number of benzene rings is 1. The first-order chi connectivity index (χ1) is 7.13. The van der Waals surface area contributed by atoms with Gasteiger partial charge in [0, 0.05) is 29.6 Å². The van der Waals surface area contributed by atoms with E-state index in [1.165, 1.54) is 5.56 Å². The molecule has 1 aromatic carbocycles. The fourth-order valence-electron chi connectivity index (χ4n) is 2.14. The highest BCUT2D eigenvalue weighted by molar-refractivity contribution is 7.86. The molecule has 2 rings (SSSR count). The summed E-state index contributed by atoms with van der Waals surface area (Å²) in [6, 6.07) is 10.2. The number of hydrogen-bond acceptors (Lipinski definition) is 2. The molecule has 0 spiro atoms. The first-order valence-corrected chi connectivity index (χ1v) is 6.57. The molecule has 0 radical (unpaired) electrons. The van der Waals surface area contributed by atoms with Crippen LogP contribution >= 0.6 is 0 Å². The molecule has 1 fully saturated rings. The summed E-state index contributed by atoms with van der Waals surface area (Å²) >= 11 is 0. The van der Waals surface area contributed by atoms with Crippen LogP contribution in [0.4, 0.5) is 0 Å². The molecule has 0 aliphatic carbocycles. The van der Waals surface area contributed by atoms with Gasteiger partial charge in [0.2, 0.25) is 0 Å². The molecule has 0 bridgehead atoms. The summed E-state index contributed by atoms with van der Waals surface area (Å²) in [5, 5.41) is 0. The van der Waals surface area contributed by atoms with Gasteiger partial charge in [-0.25, -0.2) is 0 Å². The molecule has 1 aliphatic heterocycles. The van der Waals surface area contributed by atoms with E-state index in [0.717, 1.165) is 18.8 Å². The minimum atomic E-state index is -0.757. The molecule has 0 aromatic heterocycles. The van der Waals surface area contributed by atoms with Gasteiger partial charge in [0.25, 0.3) is 0 Å². The van der Waals surface area contributed by atoms with Crippen LogP contribution in [-0.4, -0.2) is 35.0 Å². The van der Waals surface area contributed by atoms with Crippen molar-refractivity contribution in [1.82, 2.24) is 4.90 Å². The Hall–Kier alpha value is -0.670. The zero-order valence-electron chi connectivity index (χ0n) is 9.27. The van der Waals surface area contributed by atoms with Crippen molar-refractivity contribution in [3.8, 4) is 0 Å². The summed E-state index contributed by atoms with van der Waals surface area (Å²) in [4.78, 5) is 2.26. The van der Waals surface area contributed by atoms with Crippen LogP contribution in [0.5, 0.6) is 0 Å². The molecule has 0 amide bonds. The van der Waals surface area contributed by atoms with Crippen LogP contribution in [-0.2, 0) is 15.5 Å². The normalized spacial score (nSPS) is 32.8. The number of hydrogen-bond donors (Lipinski definition) is 0. The molecule has 2 nitrogen and oxygen atoms in total. The standard InChI is InChI=1S/C12H17NOS/c1-12(11-6-4-3-5-7-11)10-13(2)8-9-15(12)14/h3-7H,8-10H2,1-2H3/t12?,15-/m1/s1. The lowest BCUT2D eigenvalue weighted by Crippen LogP contribution is -2.48. The number of nitrogens with zero attached hydrogens (tertiary/aromatic N) is 1. The van der Waals surface area contributed by atoms with E-state index in [-0.39, 0.29) is 4.75 Å². The molecule has 1 heterocycles. The Labute approximate surface area is 93.7 Å². The fraction of sp³-hybridized carbons (Fsp3) is 0.500. The van der Waals surface area contributed by atoms with Crippen LogP contribution in [0, 0.1) is 0 Å². The highest BCUT2D eigenvalue weighted by Gasteiger charge is 2.37. The van der Waals surface area contributed by atoms with Gasteiger partial charge in [-0.2, -0.15) is 0 Å². The average molecular weight is 223 g/mol. The second kappa shape index (κ2) is 4.06. The van der Waals surface area contributed by atoms with Crippen LogP contribution in [0.3, 0.4) is 0 Å². The van der Waals surface area contributed by atoms with Gasteiger partial charge in [-0.1, -0.05) is 30.3 Å². The molecule has 1 aromatic rings. The zero-order valence-corrected chi connectivity index (χ0v) is 10.1. The first-order valence-electron chi connectivity index (χ1n) is 5.25. The van der Waals surface area contributed by atoms with Crippen LogP contribution in [0.25, 0.3) is 0 Å². The van der Waals surface area contributed by atoms with Gasteiger partial charge >= 0.3 is 0 Å². The van der Waals surface area contributed by atoms with E-state index in [9.17, 15) is 4.21 Å².